The lowest BCUT2D eigenvalue weighted by atomic mass is 10.1. The lowest BCUT2D eigenvalue weighted by molar-refractivity contribution is -0.116. The summed E-state index contributed by atoms with van der Waals surface area (Å²) in [7, 11) is 1.57. The van der Waals surface area contributed by atoms with E-state index in [0.717, 1.165) is 18.5 Å². The second kappa shape index (κ2) is 9.77. The van der Waals surface area contributed by atoms with Crippen LogP contribution in [-0.2, 0) is 4.79 Å². The third kappa shape index (κ3) is 4.64. The van der Waals surface area contributed by atoms with E-state index in [1.54, 1.807) is 47.2 Å². The van der Waals surface area contributed by atoms with Crippen LogP contribution in [0, 0.1) is 6.92 Å². The number of anilines is 1. The lowest BCUT2D eigenvalue weighted by Gasteiger charge is -2.21. The predicted molar refractivity (Wildman–Crippen MR) is 137 cm³/mol. The maximum absolute atomic E-state index is 13.8. The van der Waals surface area contributed by atoms with Crippen LogP contribution in [0.25, 0.3) is 16.9 Å². The molecule has 0 saturated heterocycles. The van der Waals surface area contributed by atoms with Crippen LogP contribution >= 0.6 is 0 Å². The van der Waals surface area contributed by atoms with E-state index < -0.39 is 0 Å². The van der Waals surface area contributed by atoms with Crippen molar-refractivity contribution in [1.82, 2.24) is 24.6 Å². The number of aryl methyl sites for hydroxylation is 1. The van der Waals surface area contributed by atoms with Crippen molar-refractivity contribution in [3.05, 3.63) is 71.7 Å². The molecule has 1 aliphatic carbocycles. The van der Waals surface area contributed by atoms with Crippen LogP contribution in [0.1, 0.15) is 47.4 Å². The first-order valence-electron chi connectivity index (χ1n) is 12.0. The zero-order chi connectivity index (χ0) is 25.2. The van der Waals surface area contributed by atoms with Gasteiger partial charge in [0.05, 0.1) is 23.8 Å². The van der Waals surface area contributed by atoms with Gasteiger partial charge in [-0.25, -0.2) is 9.97 Å². The topological polar surface area (TPSA) is 102 Å². The number of hydrogen-bond acceptors (Lipinski definition) is 6. The van der Waals surface area contributed by atoms with Crippen molar-refractivity contribution in [3.63, 3.8) is 0 Å². The molecule has 0 bridgehead atoms. The van der Waals surface area contributed by atoms with Crippen molar-refractivity contribution in [2.45, 2.75) is 32.6 Å². The van der Waals surface area contributed by atoms with E-state index in [2.05, 4.69) is 15.4 Å². The highest BCUT2D eigenvalue weighted by Gasteiger charge is 2.30. The number of fused-ring (bicyclic) bond motifs is 1. The highest BCUT2D eigenvalue weighted by atomic mass is 16.5. The Morgan fingerprint density at radius 3 is 2.69 bits per heavy atom. The molecule has 3 aromatic heterocycles. The van der Waals surface area contributed by atoms with Gasteiger partial charge in [-0.1, -0.05) is 12.1 Å². The number of amides is 2. The third-order valence-electron chi connectivity index (χ3n) is 6.28. The summed E-state index contributed by atoms with van der Waals surface area (Å²) in [6, 6.07) is 14.6. The summed E-state index contributed by atoms with van der Waals surface area (Å²) >= 11 is 0. The van der Waals surface area contributed by atoms with Crippen molar-refractivity contribution >= 4 is 28.5 Å². The minimum atomic E-state index is -0.285. The second-order valence-corrected chi connectivity index (χ2v) is 8.85. The Balaban J connectivity index is 1.48. The first-order valence-corrected chi connectivity index (χ1v) is 12.0. The van der Waals surface area contributed by atoms with Gasteiger partial charge in [-0.05, 0) is 57.0 Å². The van der Waals surface area contributed by atoms with Crippen molar-refractivity contribution in [2.24, 2.45) is 0 Å². The van der Waals surface area contributed by atoms with Crippen LogP contribution in [0.5, 0.6) is 5.75 Å². The van der Waals surface area contributed by atoms with Gasteiger partial charge in [0.1, 0.15) is 12.3 Å². The molecule has 9 nitrogen and oxygen atoms in total. The first-order chi connectivity index (χ1) is 17.5. The summed E-state index contributed by atoms with van der Waals surface area (Å²) in [6.45, 7) is 4.02. The van der Waals surface area contributed by atoms with Crippen molar-refractivity contribution in [3.8, 4) is 11.6 Å². The zero-order valence-corrected chi connectivity index (χ0v) is 20.6. The number of benzene rings is 1. The number of carbonyl (C=O) groups is 2. The standard InChI is InChI=1S/C27H28N6O3/c1-4-32(16-24(34)29-19-8-7-9-20(14-19)36-3)27(35)21-15-22(18-11-12-18)30-26-25(21)17(2)31-33(26)23-10-5-6-13-28-23/h5-10,13-15,18H,4,11-12,16H2,1-3H3,(H,29,34). The minimum Gasteiger partial charge on any atom is -0.497 e. The van der Waals surface area contributed by atoms with Gasteiger partial charge >= 0.3 is 0 Å². The summed E-state index contributed by atoms with van der Waals surface area (Å²) in [4.78, 5) is 37.5. The fourth-order valence-corrected chi connectivity index (χ4v) is 4.28. The lowest BCUT2D eigenvalue weighted by Crippen LogP contribution is -2.38. The number of pyridine rings is 2. The molecule has 1 saturated carbocycles. The number of nitrogens with zero attached hydrogens (tertiary/aromatic N) is 5. The molecule has 1 fully saturated rings. The Labute approximate surface area is 209 Å². The molecule has 4 aromatic rings. The van der Waals surface area contributed by atoms with Gasteiger partial charge in [0.25, 0.3) is 5.91 Å². The molecule has 5 rings (SSSR count). The maximum atomic E-state index is 13.8. The summed E-state index contributed by atoms with van der Waals surface area (Å²) in [5.74, 6) is 1.10. The summed E-state index contributed by atoms with van der Waals surface area (Å²) in [6.07, 6.45) is 3.79. The van der Waals surface area contributed by atoms with E-state index in [1.165, 1.54) is 0 Å². The Morgan fingerprint density at radius 2 is 2.00 bits per heavy atom. The van der Waals surface area contributed by atoms with Gasteiger partial charge in [-0.3, -0.25) is 9.59 Å². The highest BCUT2D eigenvalue weighted by molar-refractivity contribution is 6.08. The number of methoxy groups -OCH3 is 1. The molecule has 9 heteroatoms. The molecular formula is C27H28N6O3. The Hall–Kier alpha value is -4.27. The van der Waals surface area contributed by atoms with Gasteiger partial charge in [0, 0.05) is 36.1 Å². The normalized spacial score (nSPS) is 13.0. The number of rotatable bonds is 8. The smallest absolute Gasteiger partial charge is 0.255 e. The van der Waals surface area contributed by atoms with E-state index >= 15 is 0 Å². The molecule has 0 aliphatic heterocycles. The van der Waals surface area contributed by atoms with Gasteiger partial charge in [-0.2, -0.15) is 9.78 Å². The largest absolute Gasteiger partial charge is 0.497 e. The Morgan fingerprint density at radius 1 is 1.17 bits per heavy atom. The van der Waals surface area contributed by atoms with Crippen LogP contribution < -0.4 is 10.1 Å². The fourth-order valence-electron chi connectivity index (χ4n) is 4.28. The molecule has 1 N–H and O–H groups in total. The molecule has 184 valence electrons. The van der Waals surface area contributed by atoms with E-state index in [0.29, 0.717) is 52.0 Å². The highest BCUT2D eigenvalue weighted by Crippen LogP contribution is 2.41. The fraction of sp³-hybridized carbons (Fsp3) is 0.296. The molecule has 0 unspecified atom stereocenters. The number of hydrogen-bond donors (Lipinski definition) is 1. The molecule has 36 heavy (non-hydrogen) atoms. The van der Waals surface area contributed by atoms with Crippen LogP contribution in [0.4, 0.5) is 5.69 Å². The summed E-state index contributed by atoms with van der Waals surface area (Å²) in [5.41, 5.74) is 3.29. The van der Waals surface area contributed by atoms with E-state index in [1.807, 2.05) is 38.1 Å². The number of likely N-dealkylation sites (N-methyl/N-ethyl adjacent to an activating group) is 1. The number of carbonyl (C=O) groups excluding carboxylic acids is 2. The van der Waals surface area contributed by atoms with Gasteiger partial charge in [-0.15, -0.1) is 0 Å². The monoisotopic (exact) mass is 484 g/mol. The molecule has 3 heterocycles. The quantitative estimate of drug-likeness (QED) is 0.404. The maximum Gasteiger partial charge on any atom is 0.255 e. The molecular weight excluding hydrogens is 456 g/mol. The zero-order valence-electron chi connectivity index (χ0n) is 20.6. The van der Waals surface area contributed by atoms with Gasteiger partial charge < -0.3 is 15.0 Å². The molecule has 0 atom stereocenters. The number of nitrogens with one attached hydrogen (secondary N) is 1. The predicted octanol–water partition coefficient (Wildman–Crippen LogP) is 4.11. The van der Waals surface area contributed by atoms with Gasteiger partial charge in [0.2, 0.25) is 5.91 Å². The van der Waals surface area contributed by atoms with E-state index in [4.69, 9.17) is 9.72 Å². The van der Waals surface area contributed by atoms with Crippen molar-refractivity contribution in [1.29, 1.82) is 0 Å². The molecule has 0 spiro atoms. The summed E-state index contributed by atoms with van der Waals surface area (Å²) in [5, 5.41) is 8.21. The van der Waals surface area contributed by atoms with Crippen molar-refractivity contribution < 1.29 is 14.3 Å². The van der Waals surface area contributed by atoms with Gasteiger partial charge in [0.15, 0.2) is 11.5 Å². The Kier molecular flexibility index (Phi) is 6.37. The molecule has 0 radical (unpaired) electrons. The van der Waals surface area contributed by atoms with Crippen LogP contribution in [0.3, 0.4) is 0 Å². The SMILES string of the molecule is CCN(CC(=O)Nc1cccc(OC)c1)C(=O)c1cc(C2CC2)nc2c1c(C)nn2-c1ccccn1. The molecule has 1 aliphatic rings. The Bertz CT molecular complexity index is 1430. The average molecular weight is 485 g/mol. The minimum absolute atomic E-state index is 0.0808. The van der Waals surface area contributed by atoms with E-state index in [9.17, 15) is 9.59 Å². The van der Waals surface area contributed by atoms with Crippen molar-refractivity contribution in [2.75, 3.05) is 25.5 Å². The summed E-state index contributed by atoms with van der Waals surface area (Å²) < 4.78 is 6.92. The molecule has 2 amide bonds. The third-order valence-corrected chi connectivity index (χ3v) is 6.28. The van der Waals surface area contributed by atoms with Crippen LogP contribution in [-0.4, -0.2) is 56.7 Å². The first kappa shape index (κ1) is 23.5. The second-order valence-electron chi connectivity index (χ2n) is 8.85. The number of ether oxygens (including phenoxy) is 1. The number of aromatic nitrogens is 4. The molecule has 1 aromatic carbocycles. The van der Waals surface area contributed by atoms with Crippen LogP contribution in [0.2, 0.25) is 0 Å². The van der Waals surface area contributed by atoms with Crippen LogP contribution in [0.15, 0.2) is 54.7 Å². The van der Waals surface area contributed by atoms with E-state index in [-0.39, 0.29) is 18.4 Å². The average Bonchev–Trinajstić information content (AvgIpc) is 3.70.